The molecule has 0 N–H and O–H groups in total. The van der Waals surface area contributed by atoms with Gasteiger partial charge in [-0.1, -0.05) is 6.92 Å². The number of nitrogens with zero attached hydrogens (tertiary/aromatic N) is 3. The van der Waals surface area contributed by atoms with Crippen LogP contribution in [0.2, 0.25) is 0 Å². The smallest absolute Gasteiger partial charge is 0.285 e. The summed E-state index contributed by atoms with van der Waals surface area (Å²) in [5.41, 5.74) is -0.290. The van der Waals surface area contributed by atoms with Crippen LogP contribution in [0.25, 0.3) is 0 Å². The van der Waals surface area contributed by atoms with Crippen molar-refractivity contribution in [3.63, 3.8) is 0 Å². The van der Waals surface area contributed by atoms with E-state index in [0.717, 1.165) is 4.68 Å². The van der Waals surface area contributed by atoms with E-state index in [-0.39, 0.29) is 23.7 Å². The molecule has 0 spiro atoms. The largest absolute Gasteiger partial charge is 0.345 e. The quantitative estimate of drug-likeness (QED) is 0.681. The maximum Gasteiger partial charge on any atom is 0.345 e. The maximum atomic E-state index is 11.4. The summed E-state index contributed by atoms with van der Waals surface area (Å²) in [7, 11) is -1.47. The van der Waals surface area contributed by atoms with Crippen molar-refractivity contribution in [1.29, 1.82) is 0 Å². The van der Waals surface area contributed by atoms with Crippen LogP contribution in [0, 0.1) is 0 Å². The van der Waals surface area contributed by atoms with Gasteiger partial charge in [-0.05, 0) is 6.42 Å². The molecule has 6 nitrogen and oxygen atoms in total. The lowest BCUT2D eigenvalue weighted by molar-refractivity contribution is 0.572. The highest BCUT2D eigenvalue weighted by atomic mass is 32.2. The van der Waals surface area contributed by atoms with Crippen molar-refractivity contribution in [1.82, 2.24) is 14.3 Å². The molecule has 7 heteroatoms. The molecule has 0 unspecified atom stereocenters. The molecular formula is C8H15N3O3S. The third kappa shape index (κ3) is 3.19. The summed E-state index contributed by atoms with van der Waals surface area (Å²) in [6, 6.07) is 0. The average Bonchev–Trinajstić information content (AvgIpc) is 2.45. The summed E-state index contributed by atoms with van der Waals surface area (Å²) >= 11 is 0. The highest BCUT2D eigenvalue weighted by Gasteiger charge is 2.11. The van der Waals surface area contributed by atoms with Crippen LogP contribution in [0.5, 0.6) is 0 Å². The fourth-order valence-electron chi connectivity index (χ4n) is 1.21. The fourth-order valence-corrected chi connectivity index (χ4v) is 2.49. The fraction of sp³-hybridized carbons (Fsp3) is 0.750. The van der Waals surface area contributed by atoms with Gasteiger partial charge in [-0.25, -0.2) is 17.9 Å². The Kier molecular flexibility index (Phi) is 3.67. The Morgan fingerprint density at radius 2 is 2.07 bits per heavy atom. The van der Waals surface area contributed by atoms with Crippen LogP contribution in [-0.2, 0) is 23.4 Å². The standard InChI is InChI=1S/C8H15N3O3S/c1-3-5-15(13,14)6-4-11-8(12)10(2)7-9-11/h7H,3-6H2,1-2H3. The molecule has 0 aromatic carbocycles. The second-order valence-corrected chi connectivity index (χ2v) is 5.70. The van der Waals surface area contributed by atoms with Crippen molar-refractivity contribution in [2.45, 2.75) is 19.9 Å². The third-order valence-electron chi connectivity index (χ3n) is 2.02. The monoisotopic (exact) mass is 233 g/mol. The van der Waals surface area contributed by atoms with Gasteiger partial charge in [0.25, 0.3) is 0 Å². The number of sulfone groups is 1. The Labute approximate surface area is 88.4 Å². The Morgan fingerprint density at radius 1 is 1.40 bits per heavy atom. The normalized spacial score (nSPS) is 11.9. The van der Waals surface area contributed by atoms with Gasteiger partial charge in [-0.3, -0.25) is 4.57 Å². The number of aromatic nitrogens is 3. The summed E-state index contributed by atoms with van der Waals surface area (Å²) < 4.78 is 25.2. The van der Waals surface area contributed by atoms with E-state index >= 15 is 0 Å². The van der Waals surface area contributed by atoms with Gasteiger partial charge in [0.05, 0.1) is 12.3 Å². The van der Waals surface area contributed by atoms with Crippen LogP contribution >= 0.6 is 0 Å². The molecule has 86 valence electrons. The molecule has 0 bridgehead atoms. The Hall–Kier alpha value is -1.11. The molecule has 0 aliphatic heterocycles. The zero-order chi connectivity index (χ0) is 11.5. The molecule has 1 rings (SSSR count). The molecule has 0 aliphatic rings. The Balaban J connectivity index is 2.66. The molecule has 1 heterocycles. The van der Waals surface area contributed by atoms with Crippen molar-refractivity contribution in [3.8, 4) is 0 Å². The zero-order valence-electron chi connectivity index (χ0n) is 8.88. The first-order chi connectivity index (χ1) is 6.96. The molecule has 15 heavy (non-hydrogen) atoms. The van der Waals surface area contributed by atoms with Crippen LogP contribution in [0.4, 0.5) is 0 Å². The van der Waals surface area contributed by atoms with Gasteiger partial charge in [-0.15, -0.1) is 0 Å². The average molecular weight is 233 g/mol. The number of hydrogen-bond acceptors (Lipinski definition) is 4. The predicted octanol–water partition coefficient (Wildman–Crippen LogP) is -0.593. The van der Waals surface area contributed by atoms with Crippen molar-refractivity contribution >= 4 is 9.84 Å². The highest BCUT2D eigenvalue weighted by Crippen LogP contribution is 1.94. The first kappa shape index (κ1) is 12.0. The topological polar surface area (TPSA) is 74.0 Å². The minimum Gasteiger partial charge on any atom is -0.285 e. The van der Waals surface area contributed by atoms with E-state index in [0.29, 0.717) is 6.42 Å². The summed E-state index contributed by atoms with van der Waals surface area (Å²) in [4.78, 5) is 11.3. The molecule has 0 saturated heterocycles. The number of hydrogen-bond donors (Lipinski definition) is 0. The van der Waals surface area contributed by atoms with Gasteiger partial charge in [0.15, 0.2) is 9.84 Å². The number of rotatable bonds is 5. The van der Waals surface area contributed by atoms with Gasteiger partial charge >= 0.3 is 5.69 Å². The second kappa shape index (κ2) is 4.61. The SMILES string of the molecule is CCCS(=O)(=O)CCn1ncn(C)c1=O. The van der Waals surface area contributed by atoms with E-state index in [9.17, 15) is 13.2 Å². The zero-order valence-corrected chi connectivity index (χ0v) is 9.70. The summed E-state index contributed by atoms with van der Waals surface area (Å²) in [5, 5.41) is 3.78. The molecule has 0 fully saturated rings. The van der Waals surface area contributed by atoms with Crippen molar-refractivity contribution in [2.24, 2.45) is 7.05 Å². The predicted molar refractivity (Wildman–Crippen MR) is 56.4 cm³/mol. The minimum atomic E-state index is -3.05. The van der Waals surface area contributed by atoms with Crippen molar-refractivity contribution in [2.75, 3.05) is 11.5 Å². The van der Waals surface area contributed by atoms with Crippen LogP contribution in [0.15, 0.2) is 11.1 Å². The minimum absolute atomic E-state index is 0.0300. The van der Waals surface area contributed by atoms with Gasteiger partial charge in [0.2, 0.25) is 0 Å². The van der Waals surface area contributed by atoms with Gasteiger partial charge in [0, 0.05) is 12.8 Å². The van der Waals surface area contributed by atoms with E-state index in [2.05, 4.69) is 5.10 Å². The van der Waals surface area contributed by atoms with Crippen LogP contribution in [-0.4, -0.2) is 34.3 Å². The first-order valence-corrected chi connectivity index (χ1v) is 6.57. The molecule has 0 radical (unpaired) electrons. The van der Waals surface area contributed by atoms with E-state index in [1.165, 1.54) is 10.9 Å². The van der Waals surface area contributed by atoms with Crippen LogP contribution in [0.3, 0.4) is 0 Å². The molecule has 0 atom stereocenters. The van der Waals surface area contributed by atoms with Gasteiger partial charge in [0.1, 0.15) is 6.33 Å². The van der Waals surface area contributed by atoms with E-state index in [1.54, 1.807) is 7.05 Å². The molecule has 0 aliphatic carbocycles. The summed E-state index contributed by atoms with van der Waals surface area (Å²) in [5.74, 6) is 0.131. The lowest BCUT2D eigenvalue weighted by Crippen LogP contribution is -2.26. The van der Waals surface area contributed by atoms with Crippen LogP contribution < -0.4 is 5.69 Å². The molecule has 1 aromatic rings. The molecule has 0 amide bonds. The Bertz CT molecular complexity index is 472. The lowest BCUT2D eigenvalue weighted by atomic mass is 10.6. The maximum absolute atomic E-state index is 11.4. The van der Waals surface area contributed by atoms with Gasteiger partial charge < -0.3 is 0 Å². The molecule has 0 saturated carbocycles. The molecular weight excluding hydrogens is 218 g/mol. The lowest BCUT2D eigenvalue weighted by Gasteiger charge is -2.01. The van der Waals surface area contributed by atoms with E-state index < -0.39 is 9.84 Å². The van der Waals surface area contributed by atoms with E-state index in [1.807, 2.05) is 6.92 Å². The van der Waals surface area contributed by atoms with Crippen LogP contribution in [0.1, 0.15) is 13.3 Å². The highest BCUT2D eigenvalue weighted by molar-refractivity contribution is 7.91. The first-order valence-electron chi connectivity index (χ1n) is 4.75. The van der Waals surface area contributed by atoms with E-state index in [4.69, 9.17) is 0 Å². The molecule has 1 aromatic heterocycles. The Morgan fingerprint density at radius 3 is 2.53 bits per heavy atom. The third-order valence-corrected chi connectivity index (χ3v) is 3.85. The van der Waals surface area contributed by atoms with Crippen molar-refractivity contribution in [3.05, 3.63) is 16.8 Å². The van der Waals surface area contributed by atoms with Crippen molar-refractivity contribution < 1.29 is 8.42 Å². The summed E-state index contributed by atoms with van der Waals surface area (Å²) in [6.07, 6.45) is 1.97. The van der Waals surface area contributed by atoms with Gasteiger partial charge in [-0.2, -0.15) is 5.10 Å². The summed E-state index contributed by atoms with van der Waals surface area (Å²) in [6.45, 7) is 1.94. The number of aryl methyl sites for hydroxylation is 2. The second-order valence-electron chi connectivity index (χ2n) is 3.40.